The van der Waals surface area contributed by atoms with E-state index in [2.05, 4.69) is 10.6 Å². The molecule has 1 atom stereocenters. The summed E-state index contributed by atoms with van der Waals surface area (Å²) in [5, 5.41) is 13.9. The van der Waals surface area contributed by atoms with Crippen molar-refractivity contribution in [1.29, 1.82) is 5.26 Å². The van der Waals surface area contributed by atoms with Gasteiger partial charge in [-0.15, -0.1) is 0 Å². The van der Waals surface area contributed by atoms with E-state index in [1.54, 1.807) is 55.5 Å². The third-order valence-corrected chi connectivity index (χ3v) is 3.06. The Morgan fingerprint density at radius 3 is 2.33 bits per heavy atom. The lowest BCUT2D eigenvalue weighted by molar-refractivity contribution is -0.122. The molecule has 7 nitrogen and oxygen atoms in total. The Morgan fingerprint density at radius 1 is 1.12 bits per heavy atom. The third kappa shape index (κ3) is 4.74. The van der Waals surface area contributed by atoms with Gasteiger partial charge in [0.1, 0.15) is 5.75 Å². The highest BCUT2D eigenvalue weighted by atomic mass is 16.5. The van der Waals surface area contributed by atoms with Crippen LogP contribution in [0.4, 0.5) is 16.2 Å². The zero-order chi connectivity index (χ0) is 17.5. The van der Waals surface area contributed by atoms with Crippen molar-refractivity contribution < 1.29 is 14.3 Å². The predicted octanol–water partition coefficient (Wildman–Crippen LogP) is 2.45. The number of nitrogens with zero attached hydrogens (tertiary/aromatic N) is 1. The maximum absolute atomic E-state index is 12.2. The standard InChI is InChI=1S/C17H16N4O3/c1-11(24-15-7-5-12(10-18)6-8-15)16(22)20-13-3-2-4-14(9-13)21-17(19)23/h2-9,11H,1H3,(H,20,22)(H3,19,21,23). The first-order chi connectivity index (χ1) is 11.5. The summed E-state index contributed by atoms with van der Waals surface area (Å²) < 4.78 is 5.53. The fourth-order valence-electron chi connectivity index (χ4n) is 1.93. The molecule has 4 N–H and O–H groups in total. The van der Waals surface area contributed by atoms with Gasteiger partial charge in [0.05, 0.1) is 11.6 Å². The van der Waals surface area contributed by atoms with E-state index in [1.807, 2.05) is 6.07 Å². The minimum Gasteiger partial charge on any atom is -0.481 e. The molecule has 0 bridgehead atoms. The van der Waals surface area contributed by atoms with Crippen LogP contribution >= 0.6 is 0 Å². The summed E-state index contributed by atoms with van der Waals surface area (Å²) in [6.07, 6.45) is -0.745. The summed E-state index contributed by atoms with van der Waals surface area (Å²) in [7, 11) is 0. The van der Waals surface area contributed by atoms with Gasteiger partial charge in [-0.2, -0.15) is 5.26 Å². The number of anilines is 2. The quantitative estimate of drug-likeness (QED) is 0.783. The van der Waals surface area contributed by atoms with Crippen LogP contribution in [0.5, 0.6) is 5.75 Å². The highest BCUT2D eigenvalue weighted by Gasteiger charge is 2.15. The summed E-state index contributed by atoms with van der Waals surface area (Å²) in [5.74, 6) is 0.136. The van der Waals surface area contributed by atoms with Crippen LogP contribution in [0, 0.1) is 11.3 Å². The van der Waals surface area contributed by atoms with Crippen molar-refractivity contribution >= 4 is 23.3 Å². The molecule has 0 radical (unpaired) electrons. The van der Waals surface area contributed by atoms with Crippen LogP contribution in [0.2, 0.25) is 0 Å². The molecule has 0 heterocycles. The van der Waals surface area contributed by atoms with E-state index in [9.17, 15) is 9.59 Å². The number of carbonyl (C=O) groups is 2. The molecule has 2 aromatic rings. The van der Waals surface area contributed by atoms with E-state index in [4.69, 9.17) is 15.7 Å². The number of carbonyl (C=O) groups excluding carboxylic acids is 2. The van der Waals surface area contributed by atoms with Crippen LogP contribution in [-0.2, 0) is 4.79 Å². The molecular weight excluding hydrogens is 308 g/mol. The van der Waals surface area contributed by atoms with Gasteiger partial charge in [-0.3, -0.25) is 4.79 Å². The number of nitrogens with one attached hydrogen (secondary N) is 2. The van der Waals surface area contributed by atoms with E-state index in [0.29, 0.717) is 22.7 Å². The normalized spacial score (nSPS) is 11.0. The molecule has 1 unspecified atom stereocenters. The van der Waals surface area contributed by atoms with Crippen LogP contribution in [-0.4, -0.2) is 18.0 Å². The predicted molar refractivity (Wildman–Crippen MR) is 89.5 cm³/mol. The van der Waals surface area contributed by atoms with Crippen LogP contribution in [0.15, 0.2) is 48.5 Å². The Hall–Kier alpha value is -3.53. The zero-order valence-electron chi connectivity index (χ0n) is 12.9. The number of primary amides is 1. The molecule has 3 amide bonds. The number of benzene rings is 2. The lowest BCUT2D eigenvalue weighted by Gasteiger charge is -2.15. The maximum Gasteiger partial charge on any atom is 0.316 e. The topological polar surface area (TPSA) is 117 Å². The lowest BCUT2D eigenvalue weighted by atomic mass is 10.2. The Labute approximate surface area is 139 Å². The molecule has 0 aliphatic rings. The van der Waals surface area contributed by atoms with Gasteiger partial charge in [0.15, 0.2) is 6.10 Å². The summed E-state index contributed by atoms with van der Waals surface area (Å²) in [4.78, 5) is 23.0. The molecular formula is C17H16N4O3. The number of urea groups is 1. The Bertz CT molecular complexity index is 781. The molecule has 7 heteroatoms. The molecule has 24 heavy (non-hydrogen) atoms. The molecule has 0 aliphatic heterocycles. The highest BCUT2D eigenvalue weighted by molar-refractivity contribution is 5.95. The van der Waals surface area contributed by atoms with E-state index >= 15 is 0 Å². The Balaban J connectivity index is 1.98. The summed E-state index contributed by atoms with van der Waals surface area (Å²) in [6.45, 7) is 1.61. The average Bonchev–Trinajstić information content (AvgIpc) is 2.55. The van der Waals surface area contributed by atoms with Crippen LogP contribution in [0.1, 0.15) is 12.5 Å². The number of hydrogen-bond donors (Lipinski definition) is 3. The van der Waals surface area contributed by atoms with Crippen molar-refractivity contribution in [3.8, 4) is 11.8 Å². The van der Waals surface area contributed by atoms with Crippen LogP contribution in [0.3, 0.4) is 0 Å². The van der Waals surface area contributed by atoms with E-state index in [1.165, 1.54) is 0 Å². The maximum atomic E-state index is 12.2. The number of nitrogens with two attached hydrogens (primary N) is 1. The second-order valence-electron chi connectivity index (χ2n) is 4.96. The van der Waals surface area contributed by atoms with Crippen LogP contribution < -0.4 is 21.1 Å². The lowest BCUT2D eigenvalue weighted by Crippen LogP contribution is -2.30. The second-order valence-corrected chi connectivity index (χ2v) is 4.96. The monoisotopic (exact) mass is 324 g/mol. The van der Waals surface area contributed by atoms with E-state index in [0.717, 1.165) is 0 Å². The smallest absolute Gasteiger partial charge is 0.316 e. The van der Waals surface area contributed by atoms with Gasteiger partial charge in [0.2, 0.25) is 0 Å². The molecule has 2 rings (SSSR count). The van der Waals surface area contributed by atoms with Crippen molar-refractivity contribution in [1.82, 2.24) is 0 Å². The summed E-state index contributed by atoms with van der Waals surface area (Å²) in [5.41, 5.74) is 6.54. The van der Waals surface area contributed by atoms with Gasteiger partial charge in [-0.05, 0) is 49.4 Å². The molecule has 2 aromatic carbocycles. The molecule has 122 valence electrons. The fourth-order valence-corrected chi connectivity index (χ4v) is 1.93. The van der Waals surface area contributed by atoms with Gasteiger partial charge >= 0.3 is 6.03 Å². The summed E-state index contributed by atoms with van der Waals surface area (Å²) >= 11 is 0. The molecule has 0 aliphatic carbocycles. The van der Waals surface area contributed by atoms with Crippen LogP contribution in [0.25, 0.3) is 0 Å². The third-order valence-electron chi connectivity index (χ3n) is 3.06. The van der Waals surface area contributed by atoms with Gasteiger partial charge in [-0.1, -0.05) is 6.07 Å². The van der Waals surface area contributed by atoms with Crippen molar-refractivity contribution in [3.63, 3.8) is 0 Å². The van der Waals surface area contributed by atoms with Crippen molar-refractivity contribution in [2.45, 2.75) is 13.0 Å². The number of amides is 3. The molecule has 0 saturated carbocycles. The van der Waals surface area contributed by atoms with Crippen molar-refractivity contribution in [3.05, 3.63) is 54.1 Å². The SMILES string of the molecule is CC(Oc1ccc(C#N)cc1)C(=O)Nc1cccc(NC(N)=O)c1. The van der Waals surface area contributed by atoms with Crippen molar-refractivity contribution in [2.24, 2.45) is 5.73 Å². The number of rotatable bonds is 5. The van der Waals surface area contributed by atoms with Gasteiger partial charge in [0, 0.05) is 11.4 Å². The van der Waals surface area contributed by atoms with Gasteiger partial charge in [0.25, 0.3) is 5.91 Å². The minimum absolute atomic E-state index is 0.351. The number of ether oxygens (including phenoxy) is 1. The van der Waals surface area contributed by atoms with Gasteiger partial charge in [-0.25, -0.2) is 4.79 Å². The van der Waals surface area contributed by atoms with E-state index in [-0.39, 0.29) is 5.91 Å². The fraction of sp³-hybridized carbons (Fsp3) is 0.118. The molecule has 0 fully saturated rings. The molecule has 0 spiro atoms. The molecule has 0 saturated heterocycles. The number of nitriles is 1. The highest BCUT2D eigenvalue weighted by Crippen LogP contribution is 2.17. The Kier molecular flexibility index (Phi) is 5.36. The van der Waals surface area contributed by atoms with E-state index < -0.39 is 12.1 Å². The zero-order valence-corrected chi connectivity index (χ0v) is 12.9. The largest absolute Gasteiger partial charge is 0.481 e. The van der Waals surface area contributed by atoms with Crippen molar-refractivity contribution in [2.75, 3.05) is 10.6 Å². The minimum atomic E-state index is -0.745. The first-order valence-electron chi connectivity index (χ1n) is 7.12. The Morgan fingerprint density at radius 2 is 1.75 bits per heavy atom. The first-order valence-corrected chi connectivity index (χ1v) is 7.12. The molecule has 0 aromatic heterocycles. The number of hydrogen-bond acceptors (Lipinski definition) is 4. The van der Waals surface area contributed by atoms with Gasteiger partial charge < -0.3 is 21.1 Å². The average molecular weight is 324 g/mol. The summed E-state index contributed by atoms with van der Waals surface area (Å²) in [6, 6.07) is 14.4. The first kappa shape index (κ1) is 16.8. The second kappa shape index (κ2) is 7.65.